The molecule has 2 aliphatic rings. The van der Waals surface area contributed by atoms with Crippen LogP contribution in [0.4, 0.5) is 5.69 Å². The molecule has 0 unspecified atom stereocenters. The average molecular weight is 346 g/mol. The van der Waals surface area contributed by atoms with Crippen LogP contribution in [0, 0.1) is 61.4 Å². The van der Waals surface area contributed by atoms with E-state index >= 15 is 0 Å². The molecule has 0 aromatic heterocycles. The van der Waals surface area contributed by atoms with Crippen LogP contribution in [0.5, 0.6) is 0 Å². The molecule has 1 aromatic carbocycles. The smallest absolute Gasteiger partial charge is 0.258 e. The maximum atomic E-state index is 10.9. The Hall–Kier alpha value is -3.50. The van der Waals surface area contributed by atoms with Crippen molar-refractivity contribution in [3.05, 3.63) is 51.6 Å². The molecule has 0 saturated heterocycles. The SMILES string of the molecule is N#C[C@@H]1C(=[NH2+])C(C#N)(C#N)[C@H](c2ccc([N+](=O)[O-])cc2)[C@@H]2CCCC=C12. The first-order valence-corrected chi connectivity index (χ1v) is 8.29. The van der Waals surface area contributed by atoms with Crippen LogP contribution >= 0.6 is 0 Å². The van der Waals surface area contributed by atoms with E-state index in [0.29, 0.717) is 5.56 Å². The predicted octanol–water partition coefficient (Wildman–Crippen LogP) is 1.79. The lowest BCUT2D eigenvalue weighted by molar-refractivity contribution is -0.384. The molecule has 2 N–H and O–H groups in total. The fourth-order valence-corrected chi connectivity index (χ4v) is 4.23. The molecule has 1 saturated carbocycles. The van der Waals surface area contributed by atoms with E-state index < -0.39 is 22.2 Å². The summed E-state index contributed by atoms with van der Waals surface area (Å²) in [5.41, 5.74) is -0.139. The van der Waals surface area contributed by atoms with Gasteiger partial charge in [0.1, 0.15) is 5.92 Å². The molecule has 7 heteroatoms. The number of rotatable bonds is 2. The van der Waals surface area contributed by atoms with Crippen LogP contribution in [-0.2, 0) is 0 Å². The third-order valence-corrected chi connectivity index (χ3v) is 5.44. The van der Waals surface area contributed by atoms with Gasteiger partial charge in [-0.15, -0.1) is 0 Å². The largest absolute Gasteiger partial charge is 0.269 e. The Bertz CT molecular complexity index is 913. The summed E-state index contributed by atoms with van der Waals surface area (Å²) in [5, 5.41) is 46.5. The molecule has 0 aliphatic heterocycles. The standard InChI is InChI=1S/C19H15N5O2/c20-9-16-14-3-1-2-4-15(14)17(19(10-21,11-22)18(16)23)12-5-7-13(8-6-12)24(25)26/h3,5-8,15-17,23H,1-2,4H2/p+1/t15-,16+,17-/m1/s1. The minimum Gasteiger partial charge on any atom is -0.258 e. The first-order valence-electron chi connectivity index (χ1n) is 8.29. The van der Waals surface area contributed by atoms with Gasteiger partial charge in [-0.25, -0.2) is 0 Å². The zero-order valence-electron chi connectivity index (χ0n) is 13.9. The molecule has 0 amide bonds. The highest BCUT2D eigenvalue weighted by molar-refractivity contribution is 5.98. The van der Waals surface area contributed by atoms with E-state index in [-0.39, 0.29) is 17.3 Å². The van der Waals surface area contributed by atoms with Gasteiger partial charge in [-0.2, -0.15) is 15.8 Å². The number of nitriles is 3. The molecule has 3 atom stereocenters. The second-order valence-electron chi connectivity index (χ2n) is 6.62. The van der Waals surface area contributed by atoms with Crippen LogP contribution in [0.1, 0.15) is 30.7 Å². The lowest BCUT2D eigenvalue weighted by Gasteiger charge is -2.43. The number of hydrogen-bond donors (Lipinski definition) is 1. The van der Waals surface area contributed by atoms with Crippen LogP contribution in [0.2, 0.25) is 0 Å². The van der Waals surface area contributed by atoms with Crippen molar-refractivity contribution < 1.29 is 10.3 Å². The molecule has 1 aromatic rings. The third-order valence-electron chi connectivity index (χ3n) is 5.44. The maximum Gasteiger partial charge on any atom is 0.269 e. The Morgan fingerprint density at radius 3 is 2.38 bits per heavy atom. The third kappa shape index (κ3) is 2.36. The Kier molecular flexibility index (Phi) is 4.28. The number of nitro benzene ring substituents is 1. The van der Waals surface area contributed by atoms with Gasteiger partial charge in [0.2, 0.25) is 11.1 Å². The van der Waals surface area contributed by atoms with Crippen molar-refractivity contribution in [2.75, 3.05) is 0 Å². The van der Waals surface area contributed by atoms with Crippen molar-refractivity contribution in [2.24, 2.45) is 17.3 Å². The number of nitro groups is 1. The summed E-state index contributed by atoms with van der Waals surface area (Å²) in [6.07, 6.45) is 4.45. The summed E-state index contributed by atoms with van der Waals surface area (Å²) in [7, 11) is 0. The van der Waals surface area contributed by atoms with Crippen LogP contribution in [0.25, 0.3) is 0 Å². The van der Waals surface area contributed by atoms with Crippen molar-refractivity contribution in [3.8, 4) is 18.2 Å². The van der Waals surface area contributed by atoms with E-state index in [1.54, 1.807) is 12.1 Å². The fourth-order valence-electron chi connectivity index (χ4n) is 4.23. The number of non-ortho nitro benzene ring substituents is 1. The minimum absolute atomic E-state index is 0.0535. The number of allylic oxidation sites excluding steroid dienone is 2. The topological polar surface area (TPSA) is 140 Å². The molecular weight excluding hydrogens is 330 g/mol. The van der Waals surface area contributed by atoms with Gasteiger partial charge in [0.25, 0.3) is 5.69 Å². The molecule has 7 nitrogen and oxygen atoms in total. The van der Waals surface area contributed by atoms with E-state index in [9.17, 15) is 25.9 Å². The lowest BCUT2D eigenvalue weighted by atomic mass is 9.53. The summed E-state index contributed by atoms with van der Waals surface area (Å²) in [4.78, 5) is 10.4. The van der Waals surface area contributed by atoms with E-state index in [1.165, 1.54) is 12.1 Å². The quantitative estimate of drug-likeness (QED) is 0.494. The summed E-state index contributed by atoms with van der Waals surface area (Å²) in [5.74, 6) is -1.48. The number of benzene rings is 1. The molecule has 0 spiro atoms. The van der Waals surface area contributed by atoms with E-state index in [4.69, 9.17) is 5.41 Å². The van der Waals surface area contributed by atoms with Crippen LogP contribution in [-0.4, -0.2) is 10.6 Å². The molecule has 2 aliphatic carbocycles. The predicted molar refractivity (Wildman–Crippen MR) is 91.0 cm³/mol. The average Bonchev–Trinajstić information content (AvgIpc) is 2.67. The van der Waals surface area contributed by atoms with Crippen molar-refractivity contribution in [1.82, 2.24) is 0 Å². The Balaban J connectivity index is 2.21. The molecule has 128 valence electrons. The second-order valence-corrected chi connectivity index (χ2v) is 6.62. The van der Waals surface area contributed by atoms with Crippen molar-refractivity contribution >= 4 is 11.4 Å². The molecule has 0 radical (unpaired) electrons. The molecule has 26 heavy (non-hydrogen) atoms. The van der Waals surface area contributed by atoms with Crippen molar-refractivity contribution in [2.45, 2.75) is 25.2 Å². The molecule has 1 fully saturated rings. The van der Waals surface area contributed by atoms with E-state index in [1.807, 2.05) is 6.08 Å². The van der Waals surface area contributed by atoms with Crippen LogP contribution in [0.15, 0.2) is 35.9 Å². The monoisotopic (exact) mass is 346 g/mol. The summed E-state index contributed by atoms with van der Waals surface area (Å²) in [6.45, 7) is 0. The van der Waals surface area contributed by atoms with Crippen LogP contribution < -0.4 is 5.41 Å². The van der Waals surface area contributed by atoms with Crippen molar-refractivity contribution in [1.29, 1.82) is 15.8 Å². The number of nitrogens with zero attached hydrogens (tertiary/aromatic N) is 4. The van der Waals surface area contributed by atoms with Gasteiger partial charge in [-0.3, -0.25) is 15.5 Å². The normalized spacial score (nSPS) is 26.4. The molecular formula is C19H16N5O2+. The molecule has 3 rings (SSSR count). The Morgan fingerprint density at radius 1 is 1.19 bits per heavy atom. The van der Waals surface area contributed by atoms with Gasteiger partial charge in [0.15, 0.2) is 0 Å². The summed E-state index contributed by atoms with van der Waals surface area (Å²) in [6, 6.07) is 12.2. The highest BCUT2D eigenvalue weighted by atomic mass is 16.6. The fraction of sp³-hybridized carbons (Fsp3) is 0.368. The highest BCUT2D eigenvalue weighted by Crippen LogP contribution is 2.54. The zero-order chi connectivity index (χ0) is 18.9. The number of nitrogens with two attached hydrogens (primary N) is 1. The lowest BCUT2D eigenvalue weighted by Crippen LogP contribution is -2.60. The Labute approximate surface area is 150 Å². The molecule has 0 bridgehead atoms. The first kappa shape index (κ1) is 17.3. The van der Waals surface area contributed by atoms with Gasteiger partial charge < -0.3 is 0 Å². The van der Waals surface area contributed by atoms with Gasteiger partial charge in [0, 0.05) is 18.1 Å². The minimum atomic E-state index is -1.64. The van der Waals surface area contributed by atoms with E-state index in [2.05, 4.69) is 18.2 Å². The number of hydrogen-bond acceptors (Lipinski definition) is 5. The number of fused-ring (bicyclic) bond motifs is 1. The van der Waals surface area contributed by atoms with E-state index in [0.717, 1.165) is 24.8 Å². The zero-order valence-corrected chi connectivity index (χ0v) is 13.9. The Morgan fingerprint density at radius 2 is 1.85 bits per heavy atom. The first-order chi connectivity index (χ1) is 12.5. The summed E-state index contributed by atoms with van der Waals surface area (Å²) < 4.78 is 0. The van der Waals surface area contributed by atoms with Gasteiger partial charge in [-0.1, -0.05) is 18.2 Å². The van der Waals surface area contributed by atoms with Gasteiger partial charge in [-0.05, 0) is 36.3 Å². The highest BCUT2D eigenvalue weighted by Gasteiger charge is 2.60. The maximum absolute atomic E-state index is 10.9. The van der Waals surface area contributed by atoms with Gasteiger partial charge >= 0.3 is 0 Å². The van der Waals surface area contributed by atoms with Crippen molar-refractivity contribution in [3.63, 3.8) is 0 Å². The van der Waals surface area contributed by atoms with Crippen LogP contribution in [0.3, 0.4) is 0 Å². The van der Waals surface area contributed by atoms with Gasteiger partial charge in [0.05, 0.1) is 23.1 Å². The summed E-state index contributed by atoms with van der Waals surface area (Å²) >= 11 is 0. The molecule has 0 heterocycles. The second kappa shape index (κ2) is 6.43.